The normalized spacial score (nSPS) is 11.1. The highest BCUT2D eigenvalue weighted by molar-refractivity contribution is 6.04. The van der Waals surface area contributed by atoms with Crippen molar-refractivity contribution < 1.29 is 9.21 Å². The molecule has 26 heavy (non-hydrogen) atoms. The number of nitrogens with zero attached hydrogens (tertiary/aromatic N) is 1. The summed E-state index contributed by atoms with van der Waals surface area (Å²) in [5.74, 6) is 0.531. The quantitative estimate of drug-likeness (QED) is 0.499. The third-order valence-electron chi connectivity index (χ3n) is 4.47. The van der Waals surface area contributed by atoms with Gasteiger partial charge in [0, 0.05) is 11.8 Å². The molecule has 0 unspecified atom stereocenters. The lowest BCUT2D eigenvalue weighted by Gasteiger charge is -2.08. The van der Waals surface area contributed by atoms with Crippen LogP contribution in [0.3, 0.4) is 0 Å². The highest BCUT2D eigenvalue weighted by Gasteiger charge is 2.15. The molecule has 0 spiro atoms. The number of aromatic nitrogens is 1. The molecule has 0 atom stereocenters. The molecule has 3 aromatic carbocycles. The molecular formula is C22H20N2O2. The van der Waals surface area contributed by atoms with E-state index in [0.717, 1.165) is 46.0 Å². The molecule has 4 rings (SSSR count). The molecule has 4 nitrogen and oxygen atoms in total. The zero-order chi connectivity index (χ0) is 17.9. The molecule has 0 aliphatic heterocycles. The second-order valence-corrected chi connectivity index (χ2v) is 6.35. The Hall–Kier alpha value is -3.14. The van der Waals surface area contributed by atoms with Crippen LogP contribution in [0.4, 0.5) is 5.69 Å². The van der Waals surface area contributed by atoms with Gasteiger partial charge in [0.15, 0.2) is 5.58 Å². The van der Waals surface area contributed by atoms with E-state index in [0.29, 0.717) is 12.3 Å². The third kappa shape index (κ3) is 3.06. The summed E-state index contributed by atoms with van der Waals surface area (Å²) in [5, 5.41) is 5.17. The lowest BCUT2D eigenvalue weighted by atomic mass is 10.1. The maximum absolute atomic E-state index is 12.1. The summed E-state index contributed by atoms with van der Waals surface area (Å²) in [6.07, 6.45) is 2.39. The molecular weight excluding hydrogens is 324 g/mol. The largest absolute Gasteiger partial charge is 0.436 e. The van der Waals surface area contributed by atoms with Crippen LogP contribution in [0.15, 0.2) is 65.1 Å². The van der Waals surface area contributed by atoms with E-state index in [9.17, 15) is 4.79 Å². The Morgan fingerprint density at radius 3 is 2.73 bits per heavy atom. The number of para-hydroxylation sites is 1. The first kappa shape index (κ1) is 16.3. The first-order valence-electron chi connectivity index (χ1n) is 8.94. The molecule has 0 aliphatic carbocycles. The Morgan fingerprint density at radius 1 is 1.04 bits per heavy atom. The Labute approximate surface area is 151 Å². The van der Waals surface area contributed by atoms with Gasteiger partial charge in [0.05, 0.1) is 11.3 Å². The molecule has 0 fully saturated rings. The Balaban J connectivity index is 1.76. The van der Waals surface area contributed by atoms with Crippen molar-refractivity contribution in [3.05, 3.63) is 60.7 Å². The highest BCUT2D eigenvalue weighted by Crippen LogP contribution is 2.33. The highest BCUT2D eigenvalue weighted by atomic mass is 16.3. The van der Waals surface area contributed by atoms with E-state index in [1.54, 1.807) is 0 Å². The van der Waals surface area contributed by atoms with Gasteiger partial charge >= 0.3 is 0 Å². The van der Waals surface area contributed by atoms with Crippen LogP contribution in [0.25, 0.3) is 33.3 Å². The van der Waals surface area contributed by atoms with Gasteiger partial charge in [0.25, 0.3) is 0 Å². The van der Waals surface area contributed by atoms with Crippen LogP contribution in [0.2, 0.25) is 0 Å². The molecule has 1 N–H and O–H groups in total. The van der Waals surface area contributed by atoms with Crippen molar-refractivity contribution in [2.75, 3.05) is 5.32 Å². The van der Waals surface area contributed by atoms with Gasteiger partial charge in [-0.05, 0) is 30.0 Å². The molecule has 0 saturated heterocycles. The Bertz CT molecular complexity index is 1080. The zero-order valence-corrected chi connectivity index (χ0v) is 14.7. The van der Waals surface area contributed by atoms with Gasteiger partial charge < -0.3 is 9.73 Å². The van der Waals surface area contributed by atoms with E-state index in [1.807, 2.05) is 54.6 Å². The first-order valence-corrected chi connectivity index (χ1v) is 8.94. The van der Waals surface area contributed by atoms with Crippen LogP contribution in [-0.4, -0.2) is 10.9 Å². The van der Waals surface area contributed by atoms with Crippen LogP contribution in [-0.2, 0) is 4.79 Å². The monoisotopic (exact) mass is 344 g/mol. The van der Waals surface area contributed by atoms with E-state index in [1.165, 1.54) is 0 Å². The topological polar surface area (TPSA) is 55.1 Å². The van der Waals surface area contributed by atoms with Crippen LogP contribution >= 0.6 is 0 Å². The summed E-state index contributed by atoms with van der Waals surface area (Å²) in [7, 11) is 0. The van der Waals surface area contributed by atoms with Crippen molar-refractivity contribution >= 4 is 33.5 Å². The molecule has 4 aromatic rings. The van der Waals surface area contributed by atoms with Gasteiger partial charge in [-0.25, -0.2) is 4.98 Å². The number of rotatable bonds is 5. The third-order valence-corrected chi connectivity index (χ3v) is 4.47. The summed E-state index contributed by atoms with van der Waals surface area (Å²) in [4.78, 5) is 16.9. The van der Waals surface area contributed by atoms with Crippen molar-refractivity contribution in [3.63, 3.8) is 0 Å². The van der Waals surface area contributed by atoms with Gasteiger partial charge in [-0.2, -0.15) is 0 Å². The van der Waals surface area contributed by atoms with Gasteiger partial charge in [-0.15, -0.1) is 0 Å². The predicted octanol–water partition coefficient (Wildman–Crippen LogP) is 5.78. The van der Waals surface area contributed by atoms with Gasteiger partial charge in [0.2, 0.25) is 11.8 Å². The van der Waals surface area contributed by atoms with Crippen molar-refractivity contribution in [1.29, 1.82) is 0 Å². The van der Waals surface area contributed by atoms with Gasteiger partial charge in [-0.3, -0.25) is 4.79 Å². The lowest BCUT2D eigenvalue weighted by Crippen LogP contribution is -2.11. The van der Waals surface area contributed by atoms with Crippen LogP contribution in [0.1, 0.15) is 26.2 Å². The number of anilines is 1. The van der Waals surface area contributed by atoms with Crippen LogP contribution in [0, 0.1) is 0 Å². The first-order chi connectivity index (χ1) is 12.8. The molecule has 130 valence electrons. The molecule has 1 amide bonds. The minimum atomic E-state index is 0.0147. The molecule has 0 bridgehead atoms. The number of oxazole rings is 1. The molecule has 4 heteroatoms. The average Bonchev–Trinajstić information content (AvgIpc) is 3.11. The number of carbonyl (C=O) groups is 1. The fourth-order valence-electron chi connectivity index (χ4n) is 3.11. The minimum absolute atomic E-state index is 0.0147. The summed E-state index contributed by atoms with van der Waals surface area (Å²) < 4.78 is 6.00. The van der Waals surface area contributed by atoms with Crippen molar-refractivity contribution in [1.82, 2.24) is 4.98 Å². The number of benzene rings is 3. The molecule has 0 saturated carbocycles. The summed E-state index contributed by atoms with van der Waals surface area (Å²) in [6, 6.07) is 19.7. The number of amides is 1. The standard InChI is InChI=1S/C22H20N2O2/c1-2-3-12-20(25)23-18-11-7-6-10-17(18)22-24-21-16-9-5-4-8-15(16)13-14-19(21)26-22/h4-11,13-14H,2-3,12H2,1H3,(H,23,25). The smallest absolute Gasteiger partial charge is 0.229 e. The predicted molar refractivity (Wildman–Crippen MR) is 105 cm³/mol. The number of hydrogen-bond acceptors (Lipinski definition) is 3. The molecule has 1 aromatic heterocycles. The van der Waals surface area contributed by atoms with Gasteiger partial charge in [-0.1, -0.05) is 55.8 Å². The number of nitrogens with one attached hydrogen (secondary N) is 1. The van der Waals surface area contributed by atoms with Crippen molar-refractivity contribution in [2.45, 2.75) is 26.2 Å². The Morgan fingerprint density at radius 2 is 1.85 bits per heavy atom. The SMILES string of the molecule is CCCCC(=O)Nc1ccccc1-c1nc2c(ccc3ccccc32)o1. The van der Waals surface area contributed by atoms with E-state index in [-0.39, 0.29) is 5.91 Å². The summed E-state index contributed by atoms with van der Waals surface area (Å²) in [5.41, 5.74) is 3.10. The fourth-order valence-corrected chi connectivity index (χ4v) is 3.11. The van der Waals surface area contributed by atoms with Crippen LogP contribution in [0.5, 0.6) is 0 Å². The second-order valence-electron chi connectivity index (χ2n) is 6.35. The zero-order valence-electron chi connectivity index (χ0n) is 14.7. The maximum atomic E-state index is 12.1. The molecule has 0 radical (unpaired) electrons. The van der Waals surface area contributed by atoms with E-state index < -0.39 is 0 Å². The average molecular weight is 344 g/mol. The van der Waals surface area contributed by atoms with E-state index >= 15 is 0 Å². The number of carbonyl (C=O) groups excluding carboxylic acids is 1. The maximum Gasteiger partial charge on any atom is 0.229 e. The van der Waals surface area contributed by atoms with Crippen LogP contribution < -0.4 is 5.32 Å². The summed E-state index contributed by atoms with van der Waals surface area (Å²) >= 11 is 0. The van der Waals surface area contributed by atoms with Crippen molar-refractivity contribution in [3.8, 4) is 11.5 Å². The number of unbranched alkanes of at least 4 members (excludes halogenated alkanes) is 1. The minimum Gasteiger partial charge on any atom is -0.436 e. The molecule has 0 aliphatic rings. The Kier molecular flexibility index (Phi) is 4.40. The van der Waals surface area contributed by atoms with E-state index in [2.05, 4.69) is 18.3 Å². The second kappa shape index (κ2) is 7.00. The lowest BCUT2D eigenvalue weighted by molar-refractivity contribution is -0.116. The number of hydrogen-bond donors (Lipinski definition) is 1. The summed E-state index contributed by atoms with van der Waals surface area (Å²) in [6.45, 7) is 2.07. The van der Waals surface area contributed by atoms with Gasteiger partial charge in [0.1, 0.15) is 5.52 Å². The van der Waals surface area contributed by atoms with Crippen molar-refractivity contribution in [2.24, 2.45) is 0 Å². The van der Waals surface area contributed by atoms with E-state index in [4.69, 9.17) is 9.40 Å². The number of fused-ring (bicyclic) bond motifs is 3. The molecule has 1 heterocycles. The fraction of sp³-hybridized carbons (Fsp3) is 0.182.